The first-order chi connectivity index (χ1) is 17.6. The van der Waals surface area contributed by atoms with Gasteiger partial charge >= 0.3 is 0 Å². The van der Waals surface area contributed by atoms with Crippen molar-refractivity contribution in [1.29, 1.82) is 0 Å². The Morgan fingerprint density at radius 2 is 1.86 bits per heavy atom. The molecule has 3 aromatic rings. The van der Waals surface area contributed by atoms with Crippen molar-refractivity contribution < 1.29 is 27.5 Å². The van der Waals surface area contributed by atoms with Gasteiger partial charge in [-0.2, -0.15) is 0 Å². The second kappa shape index (κ2) is 11.0. The molecule has 2 N–H and O–H groups in total. The molecule has 2 aromatic carbocycles. The Bertz CT molecular complexity index is 1310. The van der Waals surface area contributed by atoms with Crippen LogP contribution in [0.3, 0.4) is 0 Å². The van der Waals surface area contributed by atoms with E-state index in [0.29, 0.717) is 42.6 Å². The number of rotatable bonds is 10. The molecule has 0 unspecified atom stereocenters. The molecule has 0 saturated heterocycles. The predicted octanol–water partition coefficient (Wildman–Crippen LogP) is 6.14. The van der Waals surface area contributed by atoms with Gasteiger partial charge in [0.25, 0.3) is 5.92 Å². The number of aromatic nitrogens is 2. The van der Waals surface area contributed by atoms with Crippen molar-refractivity contribution in [3.8, 4) is 11.6 Å². The van der Waals surface area contributed by atoms with Crippen molar-refractivity contribution in [2.24, 2.45) is 5.92 Å². The molecule has 1 aliphatic carbocycles. The molecule has 1 fully saturated rings. The van der Waals surface area contributed by atoms with Gasteiger partial charge in [0.2, 0.25) is 17.7 Å². The van der Waals surface area contributed by atoms with Crippen molar-refractivity contribution >= 4 is 23.3 Å². The predicted molar refractivity (Wildman–Crippen MR) is 132 cm³/mol. The second-order valence-electron chi connectivity index (χ2n) is 9.19. The molecule has 0 radical (unpaired) electrons. The third kappa shape index (κ3) is 7.28. The number of nitrogens with one attached hydrogen (secondary N) is 2. The van der Waals surface area contributed by atoms with Crippen LogP contribution in [0.2, 0.25) is 0 Å². The van der Waals surface area contributed by atoms with Crippen LogP contribution in [0.25, 0.3) is 0 Å². The number of aryl methyl sites for hydroxylation is 2. The Labute approximate surface area is 212 Å². The van der Waals surface area contributed by atoms with Crippen molar-refractivity contribution in [3.63, 3.8) is 0 Å². The van der Waals surface area contributed by atoms with Crippen molar-refractivity contribution in [2.75, 3.05) is 10.6 Å². The fraction of sp³-hybridized carbons (Fsp3) is 0.333. The van der Waals surface area contributed by atoms with E-state index >= 15 is 0 Å². The molecule has 10 heteroatoms. The molecular formula is C27H27F3N4O3. The third-order valence-corrected chi connectivity index (χ3v) is 5.89. The molecule has 7 nitrogen and oxygen atoms in total. The molecule has 4 rings (SSSR count). The summed E-state index contributed by atoms with van der Waals surface area (Å²) in [7, 11) is 0. The van der Waals surface area contributed by atoms with Gasteiger partial charge in [-0.05, 0) is 74.1 Å². The molecule has 0 spiro atoms. The van der Waals surface area contributed by atoms with Crippen LogP contribution in [0.1, 0.15) is 49.3 Å². The van der Waals surface area contributed by atoms with Gasteiger partial charge in [0.05, 0.1) is 5.56 Å². The van der Waals surface area contributed by atoms with E-state index in [9.17, 15) is 22.8 Å². The molecular weight excluding hydrogens is 485 g/mol. The first-order valence-corrected chi connectivity index (χ1v) is 12.0. The van der Waals surface area contributed by atoms with E-state index < -0.39 is 17.3 Å². The molecule has 2 amide bonds. The smallest absolute Gasteiger partial charge is 0.273 e. The van der Waals surface area contributed by atoms with E-state index in [2.05, 4.69) is 20.6 Å². The Hall–Kier alpha value is -3.95. The summed E-state index contributed by atoms with van der Waals surface area (Å²) in [6.07, 6.45) is 4.03. The van der Waals surface area contributed by atoms with Crippen LogP contribution in [0.15, 0.2) is 48.8 Å². The monoisotopic (exact) mass is 512 g/mol. The summed E-state index contributed by atoms with van der Waals surface area (Å²) in [5.74, 6) is -3.31. The highest BCUT2D eigenvalue weighted by atomic mass is 19.3. The highest BCUT2D eigenvalue weighted by molar-refractivity contribution is 5.93. The summed E-state index contributed by atoms with van der Waals surface area (Å²) in [4.78, 5) is 32.4. The summed E-state index contributed by atoms with van der Waals surface area (Å²) in [6, 6.07) is 10.3. The minimum Gasteiger partial charge on any atom is -0.439 e. The van der Waals surface area contributed by atoms with Gasteiger partial charge in [0.15, 0.2) is 0 Å². The quantitative estimate of drug-likeness (QED) is 0.341. The van der Waals surface area contributed by atoms with Gasteiger partial charge in [0, 0.05) is 31.0 Å². The van der Waals surface area contributed by atoms with E-state index in [4.69, 9.17) is 4.74 Å². The maximum Gasteiger partial charge on any atom is 0.273 e. The van der Waals surface area contributed by atoms with Crippen LogP contribution in [0.5, 0.6) is 11.6 Å². The molecule has 0 aliphatic heterocycles. The van der Waals surface area contributed by atoms with Crippen LogP contribution < -0.4 is 15.4 Å². The standard InChI is InChI=1S/C27H27F3N4O3/c1-16-12-19(33-24(35)5-3-4-17-6-10-21(28)20(13-17)27(2,29)30)9-11-22(16)37-25-14-23(31-15-32-25)34-26(36)18-7-8-18/h6,9-15,18H,3-5,7-8H2,1-2H3,(H,33,35)(H,31,32,34,36). The number of alkyl halides is 2. The normalized spacial score (nSPS) is 13.2. The molecule has 1 aromatic heterocycles. The Kier molecular flexibility index (Phi) is 7.75. The number of hydrogen-bond donors (Lipinski definition) is 2. The second-order valence-corrected chi connectivity index (χ2v) is 9.19. The first kappa shape index (κ1) is 26.1. The summed E-state index contributed by atoms with van der Waals surface area (Å²) < 4.78 is 46.5. The SMILES string of the molecule is Cc1cc(NC(=O)CCCc2ccc(F)c(C(C)(F)F)c2)ccc1Oc1cc(NC(=O)C2CC2)ncn1. The largest absolute Gasteiger partial charge is 0.439 e. The fourth-order valence-corrected chi connectivity index (χ4v) is 3.73. The lowest BCUT2D eigenvalue weighted by Crippen LogP contribution is -2.14. The van der Waals surface area contributed by atoms with E-state index in [-0.39, 0.29) is 30.0 Å². The lowest BCUT2D eigenvalue weighted by atomic mass is 10.0. The fourth-order valence-electron chi connectivity index (χ4n) is 3.73. The van der Waals surface area contributed by atoms with Crippen molar-refractivity contribution in [1.82, 2.24) is 9.97 Å². The number of carbonyl (C=O) groups excluding carboxylic acids is 2. The average molecular weight is 513 g/mol. The van der Waals surface area contributed by atoms with Gasteiger partial charge in [-0.3, -0.25) is 9.59 Å². The third-order valence-electron chi connectivity index (χ3n) is 5.89. The summed E-state index contributed by atoms with van der Waals surface area (Å²) in [5, 5.41) is 5.55. The van der Waals surface area contributed by atoms with Crippen LogP contribution in [0.4, 0.5) is 24.7 Å². The number of nitrogens with zero attached hydrogens (tertiary/aromatic N) is 2. The molecule has 0 bridgehead atoms. The van der Waals surface area contributed by atoms with Crippen LogP contribution >= 0.6 is 0 Å². The molecule has 1 aliphatic rings. The Morgan fingerprint density at radius 3 is 2.57 bits per heavy atom. The van der Waals surface area contributed by atoms with E-state index in [1.807, 2.05) is 6.92 Å². The molecule has 194 valence electrons. The minimum atomic E-state index is -3.27. The number of hydrogen-bond acceptors (Lipinski definition) is 5. The molecule has 1 heterocycles. The zero-order valence-electron chi connectivity index (χ0n) is 20.5. The van der Waals surface area contributed by atoms with Crippen LogP contribution in [0, 0.1) is 18.7 Å². The summed E-state index contributed by atoms with van der Waals surface area (Å²) in [6.45, 7) is 2.47. The van der Waals surface area contributed by atoms with Crippen LogP contribution in [-0.4, -0.2) is 21.8 Å². The number of benzene rings is 2. The Morgan fingerprint density at radius 1 is 1.08 bits per heavy atom. The van der Waals surface area contributed by atoms with Crippen molar-refractivity contribution in [3.05, 3.63) is 71.3 Å². The van der Waals surface area contributed by atoms with Crippen LogP contribution in [-0.2, 0) is 21.9 Å². The van der Waals surface area contributed by atoms with Gasteiger partial charge in [-0.1, -0.05) is 6.07 Å². The topological polar surface area (TPSA) is 93.2 Å². The van der Waals surface area contributed by atoms with E-state index in [0.717, 1.165) is 30.5 Å². The maximum absolute atomic E-state index is 13.7. The summed E-state index contributed by atoms with van der Waals surface area (Å²) >= 11 is 0. The zero-order chi connectivity index (χ0) is 26.6. The van der Waals surface area contributed by atoms with Gasteiger partial charge in [0.1, 0.15) is 23.7 Å². The highest BCUT2D eigenvalue weighted by Crippen LogP contribution is 2.32. The number of carbonyl (C=O) groups is 2. The number of amides is 2. The summed E-state index contributed by atoms with van der Waals surface area (Å²) in [5.41, 5.74) is 1.22. The van der Waals surface area contributed by atoms with Gasteiger partial charge in [-0.25, -0.2) is 23.1 Å². The highest BCUT2D eigenvalue weighted by Gasteiger charge is 2.30. The van der Waals surface area contributed by atoms with E-state index in [1.54, 1.807) is 24.3 Å². The average Bonchev–Trinajstić information content (AvgIpc) is 3.67. The zero-order valence-corrected chi connectivity index (χ0v) is 20.5. The van der Waals surface area contributed by atoms with Gasteiger partial charge < -0.3 is 15.4 Å². The lowest BCUT2D eigenvalue weighted by molar-refractivity contribution is -0.117. The molecule has 0 atom stereocenters. The molecule has 1 saturated carbocycles. The van der Waals surface area contributed by atoms with E-state index in [1.165, 1.54) is 12.4 Å². The number of halogens is 3. The molecule has 37 heavy (non-hydrogen) atoms. The van der Waals surface area contributed by atoms with Crippen molar-refractivity contribution in [2.45, 2.75) is 51.9 Å². The maximum atomic E-state index is 13.7. The minimum absolute atomic E-state index is 0.0502. The Balaban J connectivity index is 1.29. The lowest BCUT2D eigenvalue weighted by Gasteiger charge is -2.13. The number of anilines is 2. The first-order valence-electron chi connectivity index (χ1n) is 12.0. The number of ether oxygens (including phenoxy) is 1. The van der Waals surface area contributed by atoms with Gasteiger partial charge in [-0.15, -0.1) is 0 Å².